The summed E-state index contributed by atoms with van der Waals surface area (Å²) in [5.74, 6) is -0.0326. The Hall–Kier alpha value is -4.46. The highest BCUT2D eigenvalue weighted by Gasteiger charge is 2.22. The number of hydrogen-bond donors (Lipinski definition) is 1. The molecule has 1 heterocycles. The van der Waals surface area contributed by atoms with E-state index in [9.17, 15) is 14.0 Å². The molecule has 2 amide bonds. The molecule has 8 heteroatoms. The minimum atomic E-state index is -0.503. The Bertz CT molecular complexity index is 1370. The van der Waals surface area contributed by atoms with Crippen LogP contribution in [-0.4, -0.2) is 46.7 Å². The zero-order valence-electron chi connectivity index (χ0n) is 21.0. The molecule has 0 unspecified atom stereocenters. The average Bonchev–Trinajstić information content (AvgIpc) is 3.31. The largest absolute Gasteiger partial charge is 0.497 e. The first-order chi connectivity index (χ1) is 17.8. The summed E-state index contributed by atoms with van der Waals surface area (Å²) < 4.78 is 20.6. The number of halogens is 1. The van der Waals surface area contributed by atoms with Crippen molar-refractivity contribution in [1.29, 1.82) is 0 Å². The van der Waals surface area contributed by atoms with Crippen LogP contribution >= 0.6 is 0 Å². The summed E-state index contributed by atoms with van der Waals surface area (Å²) in [5, 5.41) is 7.63. The number of nitrogens with zero attached hydrogens (tertiary/aromatic N) is 3. The topological polar surface area (TPSA) is 76.5 Å². The molecule has 4 rings (SSSR count). The summed E-state index contributed by atoms with van der Waals surface area (Å²) in [4.78, 5) is 27.7. The Kier molecular flexibility index (Phi) is 7.98. The van der Waals surface area contributed by atoms with Crippen LogP contribution in [-0.2, 0) is 4.79 Å². The third kappa shape index (κ3) is 6.41. The molecular weight excluding hydrogens is 471 g/mol. The van der Waals surface area contributed by atoms with E-state index in [2.05, 4.69) is 5.32 Å². The van der Waals surface area contributed by atoms with E-state index in [0.29, 0.717) is 23.8 Å². The second-order valence-electron chi connectivity index (χ2n) is 9.03. The second kappa shape index (κ2) is 11.5. The quantitative estimate of drug-likeness (QED) is 0.333. The van der Waals surface area contributed by atoms with Crippen LogP contribution in [0.4, 0.5) is 10.2 Å². The normalized spacial score (nSPS) is 10.8. The Morgan fingerprint density at radius 3 is 2.38 bits per heavy atom. The van der Waals surface area contributed by atoms with Gasteiger partial charge in [0.1, 0.15) is 23.9 Å². The van der Waals surface area contributed by atoms with E-state index in [1.165, 1.54) is 23.1 Å². The van der Waals surface area contributed by atoms with E-state index in [1.54, 1.807) is 23.9 Å². The fourth-order valence-corrected chi connectivity index (χ4v) is 3.96. The third-order valence-electron chi connectivity index (χ3n) is 5.64. The van der Waals surface area contributed by atoms with Gasteiger partial charge in [0.05, 0.1) is 18.5 Å². The van der Waals surface area contributed by atoms with E-state index in [4.69, 9.17) is 9.84 Å². The average molecular weight is 501 g/mol. The van der Waals surface area contributed by atoms with E-state index in [-0.39, 0.29) is 23.9 Å². The lowest BCUT2D eigenvalue weighted by molar-refractivity contribution is -0.117. The van der Waals surface area contributed by atoms with Gasteiger partial charge in [-0.15, -0.1) is 0 Å². The number of carbonyl (C=O) groups is 2. The van der Waals surface area contributed by atoms with Gasteiger partial charge >= 0.3 is 0 Å². The van der Waals surface area contributed by atoms with Crippen LogP contribution in [0.15, 0.2) is 84.9 Å². The van der Waals surface area contributed by atoms with Crippen molar-refractivity contribution in [2.45, 2.75) is 13.8 Å². The number of ether oxygens (including phenoxy) is 1. The molecule has 3 aromatic carbocycles. The highest BCUT2D eigenvalue weighted by atomic mass is 19.1. The monoisotopic (exact) mass is 500 g/mol. The number of hydrogen-bond acceptors (Lipinski definition) is 4. The first kappa shape index (κ1) is 25.6. The van der Waals surface area contributed by atoms with Crippen molar-refractivity contribution in [3.05, 3.63) is 96.3 Å². The molecule has 1 aromatic heterocycles. The molecule has 1 N–H and O–H groups in total. The van der Waals surface area contributed by atoms with Crippen LogP contribution in [0.25, 0.3) is 16.9 Å². The van der Waals surface area contributed by atoms with Gasteiger partial charge in [-0.1, -0.05) is 50.2 Å². The molecule has 190 valence electrons. The number of carbonyl (C=O) groups excluding carboxylic acids is 2. The molecule has 0 atom stereocenters. The van der Waals surface area contributed by atoms with E-state index in [1.807, 2.05) is 68.4 Å². The van der Waals surface area contributed by atoms with Gasteiger partial charge in [-0.25, -0.2) is 9.07 Å². The predicted molar refractivity (Wildman–Crippen MR) is 141 cm³/mol. The summed E-state index contributed by atoms with van der Waals surface area (Å²) in [7, 11) is 1.59. The lowest BCUT2D eigenvalue weighted by Crippen LogP contribution is -2.40. The molecule has 0 bridgehead atoms. The molecule has 0 spiro atoms. The van der Waals surface area contributed by atoms with Gasteiger partial charge in [-0.2, -0.15) is 5.10 Å². The second-order valence-corrected chi connectivity index (χ2v) is 9.03. The standard InChI is InChI=1S/C29H29FN4O3/c1-20(2)18-33(29(36)22-10-7-11-23(30)16-22)19-28(35)31-27-17-26(21-8-5-4-6-9-21)32-34(27)24-12-14-25(37-3)15-13-24/h4-17,20H,18-19H2,1-3H3,(H,31,35). The molecule has 7 nitrogen and oxygen atoms in total. The first-order valence-corrected chi connectivity index (χ1v) is 12.0. The van der Waals surface area contributed by atoms with Crippen LogP contribution in [0.2, 0.25) is 0 Å². The van der Waals surface area contributed by atoms with Crippen molar-refractivity contribution in [3.63, 3.8) is 0 Å². The predicted octanol–water partition coefficient (Wildman–Crippen LogP) is 5.42. The van der Waals surface area contributed by atoms with Gasteiger partial charge in [0, 0.05) is 23.7 Å². The Balaban J connectivity index is 1.61. The van der Waals surface area contributed by atoms with Crippen LogP contribution in [0, 0.1) is 11.7 Å². The minimum absolute atomic E-state index is 0.111. The number of methoxy groups -OCH3 is 1. The Labute approximate surface area is 215 Å². The zero-order valence-corrected chi connectivity index (χ0v) is 21.0. The lowest BCUT2D eigenvalue weighted by atomic mass is 10.1. The molecule has 0 aliphatic heterocycles. The molecule has 0 aliphatic carbocycles. The van der Waals surface area contributed by atoms with E-state index < -0.39 is 11.7 Å². The van der Waals surface area contributed by atoms with Gasteiger partial charge in [-0.05, 0) is 48.4 Å². The molecule has 0 fully saturated rings. The first-order valence-electron chi connectivity index (χ1n) is 12.0. The summed E-state index contributed by atoms with van der Waals surface area (Å²) in [6.45, 7) is 4.06. The van der Waals surface area contributed by atoms with Gasteiger partial charge in [-0.3, -0.25) is 9.59 Å². The number of rotatable bonds is 9. The third-order valence-corrected chi connectivity index (χ3v) is 5.64. The summed E-state index contributed by atoms with van der Waals surface area (Å²) in [6.07, 6.45) is 0. The van der Waals surface area contributed by atoms with Crippen molar-refractivity contribution in [3.8, 4) is 22.7 Å². The van der Waals surface area contributed by atoms with Crippen molar-refractivity contribution in [1.82, 2.24) is 14.7 Å². The van der Waals surface area contributed by atoms with Crippen molar-refractivity contribution >= 4 is 17.6 Å². The maximum atomic E-state index is 13.7. The minimum Gasteiger partial charge on any atom is -0.497 e. The Morgan fingerprint density at radius 1 is 1.00 bits per heavy atom. The summed E-state index contributed by atoms with van der Waals surface area (Å²) in [5.41, 5.74) is 2.51. The van der Waals surface area contributed by atoms with Crippen LogP contribution < -0.4 is 10.1 Å². The maximum absolute atomic E-state index is 13.7. The van der Waals surface area contributed by atoms with Crippen molar-refractivity contribution < 1.29 is 18.7 Å². The molecular formula is C29H29FN4O3. The van der Waals surface area contributed by atoms with Crippen LogP contribution in [0.1, 0.15) is 24.2 Å². The molecule has 4 aromatic rings. The fraction of sp³-hybridized carbons (Fsp3) is 0.207. The van der Waals surface area contributed by atoms with E-state index >= 15 is 0 Å². The van der Waals surface area contributed by atoms with Crippen LogP contribution in [0.3, 0.4) is 0 Å². The van der Waals surface area contributed by atoms with E-state index in [0.717, 1.165) is 11.3 Å². The highest BCUT2D eigenvalue weighted by Crippen LogP contribution is 2.26. The number of nitrogens with one attached hydrogen (secondary N) is 1. The molecule has 0 saturated heterocycles. The number of amides is 2. The number of benzene rings is 3. The SMILES string of the molecule is COc1ccc(-n2nc(-c3ccccc3)cc2NC(=O)CN(CC(C)C)C(=O)c2cccc(F)c2)cc1. The zero-order chi connectivity index (χ0) is 26.4. The van der Waals surface area contributed by atoms with Crippen molar-refractivity contribution in [2.24, 2.45) is 5.92 Å². The molecule has 0 aliphatic rings. The molecule has 0 saturated carbocycles. The smallest absolute Gasteiger partial charge is 0.254 e. The highest BCUT2D eigenvalue weighted by molar-refractivity contribution is 5.99. The Morgan fingerprint density at radius 2 is 1.73 bits per heavy atom. The maximum Gasteiger partial charge on any atom is 0.254 e. The molecule has 0 radical (unpaired) electrons. The fourth-order valence-electron chi connectivity index (χ4n) is 3.96. The summed E-state index contributed by atoms with van der Waals surface area (Å²) >= 11 is 0. The van der Waals surface area contributed by atoms with Gasteiger partial charge in [0.2, 0.25) is 5.91 Å². The molecule has 37 heavy (non-hydrogen) atoms. The number of anilines is 1. The van der Waals surface area contributed by atoms with Gasteiger partial charge in [0.25, 0.3) is 5.91 Å². The summed E-state index contributed by atoms with van der Waals surface area (Å²) in [6, 6.07) is 24.2. The van der Waals surface area contributed by atoms with Crippen molar-refractivity contribution in [2.75, 3.05) is 25.5 Å². The van der Waals surface area contributed by atoms with Gasteiger partial charge < -0.3 is 15.0 Å². The number of aromatic nitrogens is 2. The lowest BCUT2D eigenvalue weighted by Gasteiger charge is -2.24. The van der Waals surface area contributed by atoms with Crippen LogP contribution in [0.5, 0.6) is 5.75 Å². The van der Waals surface area contributed by atoms with Gasteiger partial charge in [0.15, 0.2) is 0 Å².